The molecular formula is C29H58O2. The standard InChI is InChI=1S/C29H58O2/c1-4-7-10-12-13-14-15-16-17-18-19-20-22-25-29(30)31-27-26-28(23-9-6-3)24-21-11-8-5-2/h28H,4-27H2,1-3H3. The van der Waals surface area contributed by atoms with Gasteiger partial charge in [0.2, 0.25) is 0 Å². The summed E-state index contributed by atoms with van der Waals surface area (Å²) in [7, 11) is 0. The van der Waals surface area contributed by atoms with Gasteiger partial charge in [0.15, 0.2) is 0 Å². The average Bonchev–Trinajstić information content (AvgIpc) is 2.77. The van der Waals surface area contributed by atoms with Gasteiger partial charge in [0.25, 0.3) is 0 Å². The fourth-order valence-corrected chi connectivity index (χ4v) is 4.48. The second-order valence-electron chi connectivity index (χ2n) is 9.86. The van der Waals surface area contributed by atoms with Crippen molar-refractivity contribution in [1.29, 1.82) is 0 Å². The van der Waals surface area contributed by atoms with Gasteiger partial charge in [-0.1, -0.05) is 149 Å². The van der Waals surface area contributed by atoms with Crippen LogP contribution in [-0.2, 0) is 9.53 Å². The van der Waals surface area contributed by atoms with Crippen LogP contribution < -0.4 is 0 Å². The Morgan fingerprint density at radius 2 is 0.935 bits per heavy atom. The van der Waals surface area contributed by atoms with E-state index in [0.717, 1.165) is 18.8 Å². The molecule has 0 aliphatic heterocycles. The Bertz CT molecular complexity index is 353. The van der Waals surface area contributed by atoms with Gasteiger partial charge in [0.1, 0.15) is 0 Å². The highest BCUT2D eigenvalue weighted by molar-refractivity contribution is 5.69. The van der Waals surface area contributed by atoms with Crippen LogP contribution in [0.2, 0.25) is 0 Å². The average molecular weight is 439 g/mol. The summed E-state index contributed by atoms with van der Waals surface area (Å²) in [6.45, 7) is 7.46. The summed E-state index contributed by atoms with van der Waals surface area (Å²) in [5, 5.41) is 0. The van der Waals surface area contributed by atoms with Crippen LogP contribution in [0.25, 0.3) is 0 Å². The van der Waals surface area contributed by atoms with E-state index in [-0.39, 0.29) is 5.97 Å². The smallest absolute Gasteiger partial charge is 0.305 e. The number of ether oxygens (including phenoxy) is 1. The quantitative estimate of drug-likeness (QED) is 0.105. The van der Waals surface area contributed by atoms with Crippen LogP contribution in [0, 0.1) is 5.92 Å². The Hall–Kier alpha value is -0.530. The van der Waals surface area contributed by atoms with Gasteiger partial charge in [-0.2, -0.15) is 0 Å². The first kappa shape index (κ1) is 30.5. The maximum Gasteiger partial charge on any atom is 0.305 e. The highest BCUT2D eigenvalue weighted by atomic mass is 16.5. The second-order valence-corrected chi connectivity index (χ2v) is 9.86. The van der Waals surface area contributed by atoms with Gasteiger partial charge in [-0.15, -0.1) is 0 Å². The zero-order valence-corrected chi connectivity index (χ0v) is 21.9. The van der Waals surface area contributed by atoms with Crippen molar-refractivity contribution in [2.45, 2.75) is 168 Å². The summed E-state index contributed by atoms with van der Waals surface area (Å²) >= 11 is 0. The van der Waals surface area contributed by atoms with E-state index in [0.29, 0.717) is 13.0 Å². The molecule has 0 fully saturated rings. The van der Waals surface area contributed by atoms with E-state index in [1.807, 2.05) is 0 Å². The van der Waals surface area contributed by atoms with E-state index in [2.05, 4.69) is 20.8 Å². The number of carbonyl (C=O) groups excluding carboxylic acids is 1. The van der Waals surface area contributed by atoms with E-state index in [1.54, 1.807) is 0 Å². The molecule has 0 aromatic rings. The molecule has 186 valence electrons. The molecule has 0 radical (unpaired) electrons. The van der Waals surface area contributed by atoms with Crippen molar-refractivity contribution in [3.8, 4) is 0 Å². The van der Waals surface area contributed by atoms with Crippen molar-refractivity contribution in [2.24, 2.45) is 5.92 Å². The zero-order chi connectivity index (χ0) is 22.8. The summed E-state index contributed by atoms with van der Waals surface area (Å²) in [5.74, 6) is 0.782. The number of unbranched alkanes of at least 4 members (excludes halogenated alkanes) is 16. The van der Waals surface area contributed by atoms with Crippen LogP contribution in [0.15, 0.2) is 0 Å². The molecule has 0 aliphatic rings. The lowest BCUT2D eigenvalue weighted by atomic mass is 9.92. The Morgan fingerprint density at radius 1 is 0.516 bits per heavy atom. The third kappa shape index (κ3) is 24.0. The molecule has 0 spiro atoms. The van der Waals surface area contributed by atoms with Crippen LogP contribution in [-0.4, -0.2) is 12.6 Å². The van der Waals surface area contributed by atoms with Gasteiger partial charge < -0.3 is 4.74 Å². The van der Waals surface area contributed by atoms with E-state index in [9.17, 15) is 4.79 Å². The minimum absolute atomic E-state index is 0.0308. The van der Waals surface area contributed by atoms with Crippen LogP contribution in [0.3, 0.4) is 0 Å². The molecule has 31 heavy (non-hydrogen) atoms. The van der Waals surface area contributed by atoms with Crippen LogP contribution >= 0.6 is 0 Å². The molecule has 0 aromatic heterocycles. The highest BCUT2D eigenvalue weighted by Crippen LogP contribution is 2.21. The molecule has 0 aliphatic carbocycles. The maximum atomic E-state index is 12.0. The third-order valence-electron chi connectivity index (χ3n) is 6.71. The Kier molecular flexibility index (Phi) is 25.3. The van der Waals surface area contributed by atoms with Crippen molar-refractivity contribution in [1.82, 2.24) is 0 Å². The molecule has 2 nitrogen and oxygen atoms in total. The summed E-state index contributed by atoms with van der Waals surface area (Å²) in [6, 6.07) is 0. The molecule has 0 saturated carbocycles. The minimum atomic E-state index is 0.0308. The van der Waals surface area contributed by atoms with Crippen molar-refractivity contribution in [2.75, 3.05) is 6.61 Å². The fourth-order valence-electron chi connectivity index (χ4n) is 4.48. The number of rotatable bonds is 25. The number of esters is 1. The second kappa shape index (κ2) is 25.7. The van der Waals surface area contributed by atoms with Crippen molar-refractivity contribution in [3.63, 3.8) is 0 Å². The number of hydrogen-bond acceptors (Lipinski definition) is 2. The lowest BCUT2D eigenvalue weighted by Gasteiger charge is -2.16. The minimum Gasteiger partial charge on any atom is -0.466 e. The van der Waals surface area contributed by atoms with E-state index in [4.69, 9.17) is 4.74 Å². The van der Waals surface area contributed by atoms with Crippen LogP contribution in [0.4, 0.5) is 0 Å². The normalized spacial score (nSPS) is 12.2. The predicted octanol–water partition coefficient (Wildman–Crippen LogP) is 10.2. The number of carbonyl (C=O) groups is 1. The highest BCUT2D eigenvalue weighted by Gasteiger charge is 2.10. The van der Waals surface area contributed by atoms with Gasteiger partial charge in [-0.05, 0) is 18.8 Å². The lowest BCUT2D eigenvalue weighted by molar-refractivity contribution is -0.144. The van der Waals surface area contributed by atoms with Crippen molar-refractivity contribution in [3.05, 3.63) is 0 Å². The Labute approximate surface area is 196 Å². The summed E-state index contributed by atoms with van der Waals surface area (Å²) in [6.07, 6.45) is 29.7. The first-order valence-electron chi connectivity index (χ1n) is 14.4. The Balaban J connectivity index is 3.50. The molecule has 0 amide bonds. The molecule has 0 saturated heterocycles. The van der Waals surface area contributed by atoms with E-state index >= 15 is 0 Å². The molecule has 0 bridgehead atoms. The first-order chi connectivity index (χ1) is 15.2. The van der Waals surface area contributed by atoms with Gasteiger partial charge >= 0.3 is 5.97 Å². The monoisotopic (exact) mass is 438 g/mol. The van der Waals surface area contributed by atoms with Gasteiger partial charge in [-0.3, -0.25) is 4.79 Å². The molecule has 2 heteroatoms. The van der Waals surface area contributed by atoms with Gasteiger partial charge in [0.05, 0.1) is 6.61 Å². The molecule has 0 N–H and O–H groups in total. The summed E-state index contributed by atoms with van der Waals surface area (Å²) in [4.78, 5) is 12.0. The molecule has 0 aromatic carbocycles. The fraction of sp³-hybridized carbons (Fsp3) is 0.966. The summed E-state index contributed by atoms with van der Waals surface area (Å²) in [5.41, 5.74) is 0. The zero-order valence-electron chi connectivity index (χ0n) is 21.9. The van der Waals surface area contributed by atoms with E-state index < -0.39 is 0 Å². The maximum absolute atomic E-state index is 12.0. The van der Waals surface area contributed by atoms with Gasteiger partial charge in [-0.25, -0.2) is 0 Å². The number of hydrogen-bond donors (Lipinski definition) is 0. The Morgan fingerprint density at radius 3 is 1.45 bits per heavy atom. The lowest BCUT2D eigenvalue weighted by Crippen LogP contribution is -2.10. The SMILES string of the molecule is CCCCCCCCCCCCCCCC(=O)OCCC(CCCC)CCCCCC. The van der Waals surface area contributed by atoms with Crippen molar-refractivity contribution >= 4 is 5.97 Å². The van der Waals surface area contributed by atoms with Gasteiger partial charge in [0, 0.05) is 6.42 Å². The molecular weight excluding hydrogens is 380 g/mol. The molecule has 0 heterocycles. The van der Waals surface area contributed by atoms with Crippen LogP contribution in [0.1, 0.15) is 168 Å². The van der Waals surface area contributed by atoms with Crippen LogP contribution in [0.5, 0.6) is 0 Å². The topological polar surface area (TPSA) is 26.3 Å². The predicted molar refractivity (Wildman–Crippen MR) is 138 cm³/mol. The third-order valence-corrected chi connectivity index (χ3v) is 6.71. The molecule has 1 atom stereocenters. The molecule has 0 rings (SSSR count). The molecule has 1 unspecified atom stereocenters. The van der Waals surface area contributed by atoms with Crippen molar-refractivity contribution < 1.29 is 9.53 Å². The first-order valence-corrected chi connectivity index (χ1v) is 14.4. The van der Waals surface area contributed by atoms with E-state index in [1.165, 1.54) is 128 Å². The summed E-state index contributed by atoms with van der Waals surface area (Å²) < 4.78 is 5.55. The largest absolute Gasteiger partial charge is 0.466 e.